The Morgan fingerprint density at radius 1 is 0.594 bits per heavy atom. The molecule has 0 aromatic heterocycles. The Hall–Kier alpha value is -6.41. The van der Waals surface area contributed by atoms with E-state index in [1.165, 1.54) is 56.3 Å². The maximum Gasteiger partial charge on any atom is 0.404 e. The lowest BCUT2D eigenvalue weighted by atomic mass is 9.93. The normalized spacial score (nSPS) is 19.1. The Morgan fingerprint density at radius 3 is 1.36 bits per heavy atom. The van der Waals surface area contributed by atoms with E-state index in [1.54, 1.807) is 76.3 Å². The highest BCUT2D eigenvalue weighted by atomic mass is 28.4. The molecule has 0 saturated carbocycles. The summed E-state index contributed by atoms with van der Waals surface area (Å²) in [7, 11) is 0.745. The van der Waals surface area contributed by atoms with Crippen LogP contribution in [0.25, 0.3) is 12.2 Å². The molecular formula is C78H112F6O19Si3. The van der Waals surface area contributed by atoms with Crippen LogP contribution in [0.2, 0.25) is 56.4 Å². The lowest BCUT2D eigenvalue weighted by Gasteiger charge is -2.45. The van der Waals surface area contributed by atoms with Gasteiger partial charge >= 0.3 is 24.3 Å². The van der Waals surface area contributed by atoms with Crippen LogP contribution < -0.4 is 29.3 Å². The number of ether oxygens (including phenoxy) is 12. The first-order valence-corrected chi connectivity index (χ1v) is 44.4. The van der Waals surface area contributed by atoms with Crippen LogP contribution in [-0.4, -0.2) is 181 Å². The molecule has 2 aliphatic heterocycles. The van der Waals surface area contributed by atoms with Gasteiger partial charge < -0.3 is 71.5 Å². The highest BCUT2D eigenvalue weighted by Gasteiger charge is 2.55. The maximum atomic E-state index is 15.0. The highest BCUT2D eigenvalue weighted by molar-refractivity contribution is 6.99. The Balaban J connectivity index is 0.000000455. The van der Waals surface area contributed by atoms with Crippen molar-refractivity contribution in [2.24, 2.45) is 17.8 Å². The van der Waals surface area contributed by atoms with E-state index in [0.29, 0.717) is 22.6 Å². The summed E-state index contributed by atoms with van der Waals surface area (Å²) in [5, 5.41) is 30.4. The zero-order valence-electron chi connectivity index (χ0n) is 65.1. The van der Waals surface area contributed by atoms with Gasteiger partial charge in [-0.05, 0) is 104 Å². The van der Waals surface area contributed by atoms with Crippen LogP contribution >= 0.6 is 0 Å². The minimum atomic E-state index is -4.79. The third kappa shape index (κ3) is 28.2. The van der Waals surface area contributed by atoms with E-state index in [4.69, 9.17) is 66.5 Å². The van der Waals surface area contributed by atoms with Crippen molar-refractivity contribution >= 4 is 58.9 Å². The molecule has 2 fully saturated rings. The molecule has 6 rings (SSSR count). The molecule has 3 N–H and O–H groups in total. The predicted molar refractivity (Wildman–Crippen MR) is 403 cm³/mol. The lowest BCUT2D eigenvalue weighted by molar-refractivity contribution is -0.214. The van der Waals surface area contributed by atoms with Gasteiger partial charge in [0.05, 0.1) is 58.8 Å². The topological polar surface area (TPSA) is 224 Å². The summed E-state index contributed by atoms with van der Waals surface area (Å²) < 4.78 is 160. The first kappa shape index (κ1) is 92.0. The number of alkyl halides is 6. The minimum Gasteiger partial charge on any atom is -0.497 e. The first-order chi connectivity index (χ1) is 49.3. The van der Waals surface area contributed by atoms with Crippen molar-refractivity contribution in [3.63, 3.8) is 0 Å². The van der Waals surface area contributed by atoms with Crippen molar-refractivity contribution < 1.29 is 118 Å². The average Bonchev–Trinajstić information content (AvgIpc) is 0.977. The number of benzene rings is 4. The van der Waals surface area contributed by atoms with Crippen molar-refractivity contribution in [2.75, 3.05) is 62.3 Å². The second-order valence-corrected chi connectivity index (χ2v) is 45.8. The zero-order valence-corrected chi connectivity index (χ0v) is 68.1. The molecule has 4 aromatic carbocycles. The van der Waals surface area contributed by atoms with Crippen molar-refractivity contribution in [2.45, 2.75) is 205 Å². The van der Waals surface area contributed by atoms with E-state index in [0.717, 1.165) is 34.6 Å². The molecule has 2 saturated heterocycles. The van der Waals surface area contributed by atoms with Gasteiger partial charge in [0.15, 0.2) is 25.2 Å². The lowest BCUT2D eigenvalue weighted by Crippen LogP contribution is -2.68. The molecule has 592 valence electrons. The van der Waals surface area contributed by atoms with E-state index < -0.39 is 126 Å². The summed E-state index contributed by atoms with van der Waals surface area (Å²) >= 11 is 0. The Kier molecular flexibility index (Phi) is 35.5. The molecule has 2 heterocycles. The number of esters is 2. The SMILES string of the molecule is COCOc1cc(OC)cc(/C=C/C[C@@H]2OC(C)(C)OC2C(O)/C=C\C(C(C)C)C(F)(F)F)c1C(=O)OCC[Si](C)(C)C.COCOc1cc(OC)cc(/C=C/C[C@@H]2OC(C)(C)OC2C(O)C#CC(C(C)O[Si](c2ccccc2)(c2ccccc2)C(C)(C)C)C(F)(F)F)c1C(=O)OCC[Si](C)(C)C.COO. The molecule has 106 heavy (non-hydrogen) atoms. The molecule has 4 aromatic rings. The second kappa shape index (κ2) is 40.9. The fourth-order valence-corrected chi connectivity index (χ4v) is 17.9. The Morgan fingerprint density at radius 2 is 1.00 bits per heavy atom. The smallest absolute Gasteiger partial charge is 0.404 e. The van der Waals surface area contributed by atoms with Gasteiger partial charge in [0, 0.05) is 42.5 Å². The minimum absolute atomic E-state index is 0.104. The summed E-state index contributed by atoms with van der Waals surface area (Å²) in [6.07, 6.45) is -7.90. The van der Waals surface area contributed by atoms with Crippen molar-refractivity contribution in [1.82, 2.24) is 0 Å². The van der Waals surface area contributed by atoms with Crippen molar-refractivity contribution in [3.05, 3.63) is 131 Å². The molecule has 0 radical (unpaired) electrons. The first-order valence-electron chi connectivity index (χ1n) is 35.0. The van der Waals surface area contributed by atoms with E-state index in [9.17, 15) is 46.1 Å². The number of rotatable bonds is 32. The van der Waals surface area contributed by atoms with E-state index in [1.807, 2.05) is 81.4 Å². The molecule has 2 aliphatic rings. The number of methoxy groups -OCH3 is 4. The number of halogens is 6. The van der Waals surface area contributed by atoms with Crippen LogP contribution in [-0.2, 0) is 47.2 Å². The van der Waals surface area contributed by atoms with Crippen molar-refractivity contribution in [1.29, 1.82) is 0 Å². The third-order valence-corrected chi connectivity index (χ3v) is 25.5. The van der Waals surface area contributed by atoms with Gasteiger partial charge in [-0.1, -0.05) is 183 Å². The Bertz CT molecular complexity index is 3480. The number of aliphatic hydroxyl groups excluding tert-OH is 2. The van der Waals surface area contributed by atoms with Gasteiger partial charge in [0.25, 0.3) is 8.32 Å². The fraction of sp³-hybridized carbons (Fsp3) is 0.564. The number of hydrogen-bond donors (Lipinski definition) is 3. The Labute approximate surface area is 625 Å². The molecule has 0 amide bonds. The molecule has 0 bridgehead atoms. The quantitative estimate of drug-likeness (QED) is 0.00604. The molecule has 9 atom stereocenters. The number of carbonyl (C=O) groups is 2. The van der Waals surface area contributed by atoms with Gasteiger partial charge in [0.2, 0.25) is 0 Å². The third-order valence-electron chi connectivity index (χ3n) is 16.9. The average molecular weight is 1550 g/mol. The van der Waals surface area contributed by atoms with E-state index >= 15 is 0 Å². The fourth-order valence-electron chi connectivity index (χ4n) is 11.8. The molecule has 19 nitrogen and oxygen atoms in total. The molecular weight excluding hydrogens is 1440 g/mol. The maximum absolute atomic E-state index is 15.0. The van der Waals surface area contributed by atoms with Crippen LogP contribution in [0.3, 0.4) is 0 Å². The van der Waals surface area contributed by atoms with Crippen LogP contribution in [0.15, 0.2) is 109 Å². The van der Waals surface area contributed by atoms with Crippen LogP contribution in [0.1, 0.15) is 114 Å². The van der Waals surface area contributed by atoms with Gasteiger partial charge in [-0.25, -0.2) is 14.5 Å². The van der Waals surface area contributed by atoms with Crippen molar-refractivity contribution in [3.8, 4) is 34.8 Å². The number of allylic oxidation sites excluding steroid dienone is 1. The predicted octanol–water partition coefficient (Wildman–Crippen LogP) is 15.6. The molecule has 0 spiro atoms. The van der Waals surface area contributed by atoms with Crippen LogP contribution in [0.5, 0.6) is 23.0 Å². The highest BCUT2D eigenvalue weighted by Crippen LogP contribution is 2.42. The molecule has 7 unspecified atom stereocenters. The van der Waals surface area contributed by atoms with Gasteiger partial charge in [0.1, 0.15) is 64.5 Å². The molecule has 0 aliphatic carbocycles. The summed E-state index contributed by atoms with van der Waals surface area (Å²) in [5.74, 6) is -1.93. The number of carbonyl (C=O) groups excluding carboxylic acids is 2. The van der Waals surface area contributed by atoms with Gasteiger partial charge in [-0.3, -0.25) is 5.26 Å². The second-order valence-electron chi connectivity index (χ2n) is 30.3. The molecule has 28 heteroatoms. The zero-order chi connectivity index (χ0) is 79.8. The number of aliphatic hydroxyl groups is 2. The largest absolute Gasteiger partial charge is 0.497 e. The van der Waals surface area contributed by atoms with Crippen LogP contribution in [0.4, 0.5) is 26.3 Å². The summed E-state index contributed by atoms with van der Waals surface area (Å²) in [4.78, 5) is 30.0. The summed E-state index contributed by atoms with van der Waals surface area (Å²) in [6, 6.07) is 26.9. The van der Waals surface area contributed by atoms with E-state index in [2.05, 4.69) is 56.0 Å². The standard InChI is InChI=1S/C46H61F3O9Si2.C31H47F3O8Si.CH4O2/c1-32(58-60(44(2,3)4,35-20-14-12-15-21-35)36-22-16-13-17-23-36)37(46(47,48)49)25-26-38(50)42-39(56-45(5,6)57-42)24-18-19-33-29-34(53-8)30-40(55-31-52-7)41(33)43(51)54-27-28-59(9,10)11;1-20(2)23(31(32,33)34)13-14-24(35)28-25(41-30(3,4)42-28)12-10-11-21-17-22(38-6)18-26(40-19-37-5)27(21)29(36)39-15-16-43(7,8)9;1-3-2/h12-23,29-30,32,37-39,42,50H,24,27-28,31H2,1-11H3;10-11,13-14,17-18,20,23-25,28,35H,12,15-16,19H2,1-9H3;2H,1H3/b19-18+;11-10+,14-13-;/t32?,37?,38?,39-,42?;23?,24?,25-,28?;/m00./s1. The number of hydrogen-bond acceptors (Lipinski definition) is 19. The summed E-state index contributed by atoms with van der Waals surface area (Å²) in [5.41, 5.74) is 1.25. The monoisotopic (exact) mass is 1550 g/mol. The van der Waals surface area contributed by atoms with E-state index in [-0.39, 0.29) is 62.3 Å². The van der Waals surface area contributed by atoms with Crippen LogP contribution in [0, 0.1) is 29.6 Å². The summed E-state index contributed by atoms with van der Waals surface area (Å²) in [6.45, 7) is 30.3. The van der Waals surface area contributed by atoms with Gasteiger partial charge in [-0.2, -0.15) is 26.3 Å². The van der Waals surface area contributed by atoms with Gasteiger partial charge in [-0.15, -0.1) is 0 Å².